The first-order chi connectivity index (χ1) is 18.0. The molecule has 37 heavy (non-hydrogen) atoms. The smallest absolute Gasteiger partial charge is 0.104 e. The highest BCUT2D eigenvalue weighted by Crippen LogP contribution is 2.57. The summed E-state index contributed by atoms with van der Waals surface area (Å²) in [5, 5.41) is 0. The minimum Gasteiger partial charge on any atom is -0.466 e. The van der Waals surface area contributed by atoms with Crippen molar-refractivity contribution in [3.05, 3.63) is 117 Å². The SMILES string of the molecule is CC1(C)C2=C(CCC(OC3=CC4=C(C=CCC4)CC3)=C2)C2=CC=C(OC3=CC4=C(C=CCC4)CC3)CC21. The zero-order chi connectivity index (χ0) is 25.0. The van der Waals surface area contributed by atoms with Crippen LogP contribution in [0, 0.1) is 11.3 Å². The van der Waals surface area contributed by atoms with E-state index >= 15 is 0 Å². The molecule has 0 saturated heterocycles. The van der Waals surface area contributed by atoms with Crippen LogP contribution >= 0.6 is 0 Å². The van der Waals surface area contributed by atoms with Gasteiger partial charge in [-0.25, -0.2) is 0 Å². The van der Waals surface area contributed by atoms with Crippen LogP contribution in [0.25, 0.3) is 0 Å². The molecule has 0 aromatic heterocycles. The molecule has 7 aliphatic carbocycles. The summed E-state index contributed by atoms with van der Waals surface area (Å²) in [6, 6.07) is 0. The Labute approximate surface area is 221 Å². The molecule has 1 unspecified atom stereocenters. The van der Waals surface area contributed by atoms with Gasteiger partial charge < -0.3 is 9.47 Å². The maximum Gasteiger partial charge on any atom is 0.104 e. The number of ether oxygens (including phenoxy) is 2. The lowest BCUT2D eigenvalue weighted by atomic mass is 9.73. The van der Waals surface area contributed by atoms with E-state index in [-0.39, 0.29) is 5.41 Å². The molecular weight excluding hydrogens is 452 g/mol. The van der Waals surface area contributed by atoms with Crippen LogP contribution in [-0.2, 0) is 9.47 Å². The number of hydrogen-bond acceptors (Lipinski definition) is 2. The molecule has 0 N–H and O–H groups in total. The van der Waals surface area contributed by atoms with E-state index in [4.69, 9.17) is 9.47 Å². The van der Waals surface area contributed by atoms with Gasteiger partial charge in [0.25, 0.3) is 0 Å². The lowest BCUT2D eigenvalue weighted by molar-refractivity contribution is 0.230. The molecule has 0 spiro atoms. The molecule has 0 fully saturated rings. The van der Waals surface area contributed by atoms with Gasteiger partial charge in [0.05, 0.1) is 0 Å². The predicted octanol–water partition coefficient (Wildman–Crippen LogP) is 9.51. The topological polar surface area (TPSA) is 18.5 Å². The summed E-state index contributed by atoms with van der Waals surface area (Å²) in [7, 11) is 0. The third-order valence-electron chi connectivity index (χ3n) is 9.50. The fraction of sp³-hybridized carbons (Fsp3) is 0.429. The van der Waals surface area contributed by atoms with Crippen LogP contribution < -0.4 is 0 Å². The van der Waals surface area contributed by atoms with Crippen molar-refractivity contribution < 1.29 is 9.47 Å². The number of rotatable bonds is 4. The molecule has 0 saturated carbocycles. The standard InChI is InChI=1S/C35H38O2/c1-35(2)33-21-29(36-27-13-11-23-7-3-5-9-25(23)19-27)15-17-31(33)32-18-16-30(22-34(32)35)37-28-14-12-24-8-4-6-10-26(24)20-28/h3-4,7-8,15,17,19-20,22,33H,5-6,9-14,16,18,21H2,1-2H3. The normalized spacial score (nSPS) is 27.8. The minimum atomic E-state index is 0.0781. The second-order valence-corrected chi connectivity index (χ2v) is 12.1. The molecule has 190 valence electrons. The van der Waals surface area contributed by atoms with Crippen molar-refractivity contribution in [1.82, 2.24) is 0 Å². The summed E-state index contributed by atoms with van der Waals surface area (Å²) >= 11 is 0. The fourth-order valence-electron chi connectivity index (χ4n) is 7.38. The van der Waals surface area contributed by atoms with Gasteiger partial charge in [-0.05, 0) is 114 Å². The molecule has 0 aliphatic heterocycles. The van der Waals surface area contributed by atoms with Crippen molar-refractivity contribution in [2.45, 2.75) is 84.5 Å². The van der Waals surface area contributed by atoms with Crippen LogP contribution in [0.3, 0.4) is 0 Å². The van der Waals surface area contributed by atoms with E-state index in [1.165, 1.54) is 33.4 Å². The Kier molecular flexibility index (Phi) is 5.68. The van der Waals surface area contributed by atoms with E-state index in [0.717, 1.165) is 93.7 Å². The maximum atomic E-state index is 6.56. The van der Waals surface area contributed by atoms with E-state index in [0.29, 0.717) is 5.92 Å². The van der Waals surface area contributed by atoms with Gasteiger partial charge >= 0.3 is 0 Å². The minimum absolute atomic E-state index is 0.0781. The molecule has 0 radical (unpaired) electrons. The molecule has 0 heterocycles. The zero-order valence-corrected chi connectivity index (χ0v) is 22.4. The van der Waals surface area contributed by atoms with E-state index in [2.05, 4.69) is 68.5 Å². The van der Waals surface area contributed by atoms with Crippen molar-refractivity contribution in [2.75, 3.05) is 0 Å². The van der Waals surface area contributed by atoms with E-state index in [1.54, 1.807) is 5.57 Å². The van der Waals surface area contributed by atoms with Gasteiger partial charge in [-0.3, -0.25) is 0 Å². The molecule has 2 nitrogen and oxygen atoms in total. The first-order valence-electron chi connectivity index (χ1n) is 14.4. The molecule has 0 amide bonds. The lowest BCUT2D eigenvalue weighted by Crippen LogP contribution is -2.24. The first kappa shape index (κ1) is 23.1. The highest BCUT2D eigenvalue weighted by molar-refractivity contribution is 5.57. The van der Waals surface area contributed by atoms with Crippen LogP contribution in [0.2, 0.25) is 0 Å². The number of fused-ring (bicyclic) bond motifs is 2. The average molecular weight is 491 g/mol. The van der Waals surface area contributed by atoms with Crippen molar-refractivity contribution in [1.29, 1.82) is 0 Å². The summed E-state index contributed by atoms with van der Waals surface area (Å²) < 4.78 is 13.1. The third kappa shape index (κ3) is 4.19. The summed E-state index contributed by atoms with van der Waals surface area (Å²) in [4.78, 5) is 0. The Morgan fingerprint density at radius 1 is 0.622 bits per heavy atom. The Balaban J connectivity index is 1.10. The van der Waals surface area contributed by atoms with E-state index in [9.17, 15) is 0 Å². The van der Waals surface area contributed by atoms with Gasteiger partial charge in [0.1, 0.15) is 23.0 Å². The van der Waals surface area contributed by atoms with Gasteiger partial charge in [0.15, 0.2) is 0 Å². The highest BCUT2D eigenvalue weighted by Gasteiger charge is 2.46. The fourth-order valence-corrected chi connectivity index (χ4v) is 7.38. The van der Waals surface area contributed by atoms with Crippen molar-refractivity contribution >= 4 is 0 Å². The van der Waals surface area contributed by atoms with Crippen LogP contribution in [-0.4, -0.2) is 0 Å². The molecule has 7 aliphatic rings. The monoisotopic (exact) mass is 490 g/mol. The van der Waals surface area contributed by atoms with Crippen LogP contribution in [0.5, 0.6) is 0 Å². The summed E-state index contributed by atoms with van der Waals surface area (Å²) in [5.41, 5.74) is 10.6. The Morgan fingerprint density at radius 3 is 1.89 bits per heavy atom. The molecular formula is C35H38O2. The molecule has 1 atom stereocenters. The Bertz CT molecular complexity index is 1360. The highest BCUT2D eigenvalue weighted by atomic mass is 16.5. The average Bonchev–Trinajstić information content (AvgIpc) is 3.14. The lowest BCUT2D eigenvalue weighted by Gasteiger charge is -2.33. The second-order valence-electron chi connectivity index (χ2n) is 12.1. The van der Waals surface area contributed by atoms with E-state index in [1.807, 2.05) is 0 Å². The van der Waals surface area contributed by atoms with Crippen molar-refractivity contribution in [3.63, 3.8) is 0 Å². The Morgan fingerprint density at radius 2 is 1.22 bits per heavy atom. The third-order valence-corrected chi connectivity index (χ3v) is 9.50. The molecule has 0 aromatic rings. The van der Waals surface area contributed by atoms with Crippen molar-refractivity contribution in [2.24, 2.45) is 11.3 Å². The molecule has 0 aromatic carbocycles. The summed E-state index contributed by atoms with van der Waals surface area (Å²) in [6.45, 7) is 4.85. The quantitative estimate of drug-likeness (QED) is 0.391. The van der Waals surface area contributed by atoms with Gasteiger partial charge in [-0.15, -0.1) is 0 Å². The molecule has 7 rings (SSSR count). The largest absolute Gasteiger partial charge is 0.466 e. The van der Waals surface area contributed by atoms with Crippen molar-refractivity contribution in [3.8, 4) is 0 Å². The van der Waals surface area contributed by atoms with Gasteiger partial charge in [-0.2, -0.15) is 0 Å². The van der Waals surface area contributed by atoms with Crippen LogP contribution in [0.1, 0.15) is 84.5 Å². The van der Waals surface area contributed by atoms with Gasteiger partial charge in [-0.1, -0.05) is 44.2 Å². The molecule has 2 heteroatoms. The number of hydrogen-bond donors (Lipinski definition) is 0. The second kappa shape index (κ2) is 9.08. The predicted molar refractivity (Wildman–Crippen MR) is 150 cm³/mol. The van der Waals surface area contributed by atoms with Crippen LogP contribution in [0.4, 0.5) is 0 Å². The van der Waals surface area contributed by atoms with Gasteiger partial charge in [0.2, 0.25) is 0 Å². The number of allylic oxidation sites excluding steroid dienone is 20. The maximum absolute atomic E-state index is 6.56. The van der Waals surface area contributed by atoms with E-state index < -0.39 is 0 Å². The zero-order valence-electron chi connectivity index (χ0n) is 22.4. The summed E-state index contributed by atoms with van der Waals surface area (Å²) in [5.74, 6) is 5.05. The molecule has 0 bridgehead atoms. The summed E-state index contributed by atoms with van der Waals surface area (Å²) in [6.07, 6.45) is 32.8. The Hall–Kier alpha value is -3.00. The van der Waals surface area contributed by atoms with Gasteiger partial charge in [0, 0.05) is 31.6 Å². The first-order valence-corrected chi connectivity index (χ1v) is 14.4. The van der Waals surface area contributed by atoms with Crippen LogP contribution in [0.15, 0.2) is 117 Å².